The maximum Gasteiger partial charge on any atom is 0.165 e. The molecule has 7 aliphatic rings. The van der Waals surface area contributed by atoms with Crippen LogP contribution < -0.4 is 4.74 Å². The number of benzene rings is 2. The zero-order valence-electron chi connectivity index (χ0n) is 23.9. The second-order valence-electron chi connectivity index (χ2n) is 13.6. The molecule has 2 aromatic rings. The van der Waals surface area contributed by atoms with Crippen LogP contribution in [0.25, 0.3) is 0 Å². The van der Waals surface area contributed by atoms with Crippen LogP contribution in [-0.4, -0.2) is 58.8 Å². The highest BCUT2D eigenvalue weighted by molar-refractivity contribution is 7.99. The molecule has 2 saturated carbocycles. The molecule has 2 aromatic carbocycles. The molecule has 3 fully saturated rings. The monoisotopic (exact) mass is 559 g/mol. The van der Waals surface area contributed by atoms with Gasteiger partial charge in [0.1, 0.15) is 11.7 Å². The first-order valence-electron chi connectivity index (χ1n) is 15.3. The van der Waals surface area contributed by atoms with Crippen LogP contribution in [0.15, 0.2) is 53.4 Å². The van der Waals surface area contributed by atoms with Crippen molar-refractivity contribution in [1.82, 2.24) is 4.90 Å². The van der Waals surface area contributed by atoms with Crippen molar-refractivity contribution in [3.05, 3.63) is 65.2 Å². The lowest BCUT2D eigenvalue weighted by Crippen LogP contribution is -2.81. The Labute approximate surface area is 241 Å². The molecular weight excluding hydrogens is 518 g/mol. The van der Waals surface area contributed by atoms with E-state index in [0.29, 0.717) is 11.8 Å². The second kappa shape index (κ2) is 8.53. The Kier molecular flexibility index (Phi) is 5.48. The van der Waals surface area contributed by atoms with Crippen molar-refractivity contribution in [3.8, 4) is 11.5 Å². The third-order valence-corrected chi connectivity index (χ3v) is 13.0. The summed E-state index contributed by atoms with van der Waals surface area (Å²) in [6.45, 7) is 6.63. The molecule has 0 radical (unpaired) electrons. The van der Waals surface area contributed by atoms with Crippen LogP contribution in [0.4, 0.5) is 0 Å². The van der Waals surface area contributed by atoms with E-state index in [0.717, 1.165) is 56.0 Å². The topological polar surface area (TPSA) is 62.2 Å². The number of ether oxygens (including phenoxy) is 2. The Bertz CT molecular complexity index is 1390. The largest absolute Gasteiger partial charge is 0.504 e. The SMILES string of the molecule is CCCSc1ccc([C@@H](O)[C@@]2(C)C[C@]34C=C[C@@]2(OC)[C@H]2Oc5c(O)ccc6c5[C@]23CCN(CC2CC2)[C@H]4C6)cc1. The molecule has 6 heteroatoms. The molecule has 5 nitrogen and oxygen atoms in total. The number of piperidine rings is 1. The van der Waals surface area contributed by atoms with Crippen molar-refractivity contribution in [1.29, 1.82) is 0 Å². The van der Waals surface area contributed by atoms with Gasteiger partial charge in [-0.05, 0) is 86.1 Å². The van der Waals surface area contributed by atoms with Crippen LogP contribution in [0.1, 0.15) is 68.7 Å². The molecular formula is C34H41NO4S. The van der Waals surface area contributed by atoms with Crippen molar-refractivity contribution >= 4 is 11.8 Å². The number of aromatic hydroxyl groups is 1. The fourth-order valence-corrected chi connectivity index (χ4v) is 10.6. The second-order valence-corrected chi connectivity index (χ2v) is 14.8. The van der Waals surface area contributed by atoms with Crippen molar-refractivity contribution in [3.63, 3.8) is 0 Å². The smallest absolute Gasteiger partial charge is 0.165 e. The van der Waals surface area contributed by atoms with E-state index in [1.54, 1.807) is 7.11 Å². The summed E-state index contributed by atoms with van der Waals surface area (Å²) in [5, 5.41) is 23.4. The summed E-state index contributed by atoms with van der Waals surface area (Å²) in [5.41, 5.74) is 1.53. The predicted molar refractivity (Wildman–Crippen MR) is 157 cm³/mol. The molecule has 4 bridgehead atoms. The molecule has 2 N–H and O–H groups in total. The normalized spacial score (nSPS) is 39.2. The number of thioether (sulfide) groups is 1. The van der Waals surface area contributed by atoms with E-state index in [1.807, 2.05) is 17.8 Å². The molecule has 5 aliphatic carbocycles. The summed E-state index contributed by atoms with van der Waals surface area (Å²) in [7, 11) is 1.78. The number of phenols is 1. The van der Waals surface area contributed by atoms with Gasteiger partial charge in [-0.2, -0.15) is 0 Å². The third kappa shape index (κ3) is 2.96. The van der Waals surface area contributed by atoms with E-state index < -0.39 is 17.1 Å². The molecule has 0 unspecified atom stereocenters. The Hall–Kier alpha value is -1.99. The van der Waals surface area contributed by atoms with E-state index >= 15 is 0 Å². The minimum Gasteiger partial charge on any atom is -0.504 e. The van der Waals surface area contributed by atoms with Gasteiger partial charge in [0.25, 0.3) is 0 Å². The number of hydrogen-bond donors (Lipinski definition) is 2. The van der Waals surface area contributed by atoms with Gasteiger partial charge in [-0.1, -0.05) is 44.2 Å². The van der Waals surface area contributed by atoms with Gasteiger partial charge in [-0.3, -0.25) is 4.90 Å². The van der Waals surface area contributed by atoms with E-state index in [2.05, 4.69) is 61.2 Å². The number of rotatable bonds is 8. The zero-order chi connectivity index (χ0) is 27.5. The molecule has 9 rings (SSSR count). The maximum absolute atomic E-state index is 12.3. The van der Waals surface area contributed by atoms with Crippen LogP contribution in [-0.2, 0) is 16.6 Å². The van der Waals surface area contributed by atoms with Gasteiger partial charge in [-0.15, -0.1) is 11.8 Å². The lowest BCUT2D eigenvalue weighted by atomic mass is 9.33. The van der Waals surface area contributed by atoms with Gasteiger partial charge in [0, 0.05) is 41.0 Å². The number of aliphatic hydroxyl groups is 1. The average molecular weight is 560 g/mol. The number of fused-ring (bicyclic) bond motifs is 1. The van der Waals surface area contributed by atoms with Gasteiger partial charge < -0.3 is 19.7 Å². The fraction of sp³-hybridized carbons (Fsp3) is 0.588. The number of likely N-dealkylation sites (tertiary alicyclic amines) is 1. The first-order valence-corrected chi connectivity index (χ1v) is 16.2. The van der Waals surface area contributed by atoms with Crippen LogP contribution in [0.2, 0.25) is 0 Å². The van der Waals surface area contributed by atoms with E-state index in [4.69, 9.17) is 9.47 Å². The van der Waals surface area contributed by atoms with E-state index in [-0.39, 0.29) is 22.7 Å². The molecule has 2 heterocycles. The van der Waals surface area contributed by atoms with Crippen LogP contribution in [0, 0.1) is 16.7 Å². The Morgan fingerprint density at radius 3 is 2.67 bits per heavy atom. The molecule has 2 spiro atoms. The molecule has 0 amide bonds. The van der Waals surface area contributed by atoms with Crippen molar-refractivity contribution in [2.45, 2.75) is 86.5 Å². The van der Waals surface area contributed by atoms with Crippen molar-refractivity contribution < 1.29 is 19.7 Å². The minimum absolute atomic E-state index is 0.205. The van der Waals surface area contributed by atoms with E-state index in [9.17, 15) is 10.2 Å². The molecule has 0 aromatic heterocycles. The first kappa shape index (κ1) is 25.7. The maximum atomic E-state index is 12.3. The minimum atomic E-state index is -0.840. The molecule has 1 saturated heterocycles. The summed E-state index contributed by atoms with van der Waals surface area (Å²) < 4.78 is 13.6. The quantitative estimate of drug-likeness (QED) is 0.305. The Morgan fingerprint density at radius 1 is 1.15 bits per heavy atom. The fourth-order valence-electron chi connectivity index (χ4n) is 9.87. The highest BCUT2D eigenvalue weighted by atomic mass is 32.2. The van der Waals surface area contributed by atoms with Crippen molar-refractivity contribution in [2.75, 3.05) is 26.0 Å². The average Bonchev–Trinajstić information content (AvgIpc) is 3.71. The number of hydrogen-bond acceptors (Lipinski definition) is 6. The Morgan fingerprint density at radius 2 is 1.95 bits per heavy atom. The van der Waals surface area contributed by atoms with Crippen LogP contribution in [0.3, 0.4) is 0 Å². The summed E-state index contributed by atoms with van der Waals surface area (Å²) in [4.78, 5) is 4.01. The van der Waals surface area contributed by atoms with Crippen molar-refractivity contribution in [2.24, 2.45) is 16.7 Å². The highest BCUT2D eigenvalue weighted by Gasteiger charge is 2.82. The molecule has 7 atom stereocenters. The van der Waals surface area contributed by atoms with Crippen LogP contribution in [0.5, 0.6) is 11.5 Å². The van der Waals surface area contributed by atoms with Gasteiger partial charge in [0.05, 0.1) is 11.5 Å². The number of methoxy groups -OCH3 is 1. The van der Waals surface area contributed by atoms with E-state index in [1.165, 1.54) is 28.9 Å². The first-order chi connectivity index (χ1) is 19.3. The third-order valence-electron chi connectivity index (χ3n) is 11.8. The summed E-state index contributed by atoms with van der Waals surface area (Å²) in [6, 6.07) is 12.8. The number of phenolic OH excluding ortho intramolecular Hbond substituents is 1. The number of aliphatic hydroxyl groups excluding tert-OH is 1. The molecule has 40 heavy (non-hydrogen) atoms. The predicted octanol–water partition coefficient (Wildman–Crippen LogP) is 6.02. The van der Waals surface area contributed by atoms with Crippen LogP contribution >= 0.6 is 11.8 Å². The summed E-state index contributed by atoms with van der Waals surface area (Å²) >= 11 is 1.86. The number of nitrogens with zero attached hydrogens (tertiary/aromatic N) is 1. The lowest BCUT2D eigenvalue weighted by molar-refractivity contribution is -0.270. The van der Waals surface area contributed by atoms with Gasteiger partial charge >= 0.3 is 0 Å². The highest BCUT2D eigenvalue weighted by Crippen LogP contribution is 2.78. The van der Waals surface area contributed by atoms with Gasteiger partial charge in [-0.25, -0.2) is 0 Å². The summed E-state index contributed by atoms with van der Waals surface area (Å²) in [6.07, 6.45) is 10.3. The Balaban J connectivity index is 1.29. The van der Waals surface area contributed by atoms with Gasteiger partial charge in [0.15, 0.2) is 11.5 Å². The summed E-state index contributed by atoms with van der Waals surface area (Å²) in [5.74, 6) is 2.79. The molecule has 212 valence electrons. The molecule has 2 aliphatic heterocycles. The standard InChI is InChI=1S/C34H41NO4S/c1-4-17-40-24-10-7-22(8-11-24)29(37)31(2)20-32-13-14-34(31,38-3)30-33(32)15-16-35(19-21-5-6-21)26(32)18-23-9-12-25(36)28(39-30)27(23)33/h7-14,21,26,29-30,36-37H,4-6,15-20H2,1-3H3/t26-,29+,30-,31+,32-,33+,34+/m0/s1. The van der Waals surface area contributed by atoms with Gasteiger partial charge in [0.2, 0.25) is 0 Å². The zero-order valence-corrected chi connectivity index (χ0v) is 24.7. The lowest BCUT2D eigenvalue weighted by Gasteiger charge is -2.74.